The Labute approximate surface area is 125 Å². The molecule has 0 saturated heterocycles. The molecule has 0 aliphatic heterocycles. The van der Waals surface area contributed by atoms with Crippen LogP contribution in [0.15, 0.2) is 65.7 Å². The molecule has 0 amide bonds. The van der Waals surface area contributed by atoms with Crippen molar-refractivity contribution >= 4 is 12.7 Å². The lowest BCUT2D eigenvalue weighted by molar-refractivity contribution is 0.0301. The molecule has 2 aromatic carbocycles. The first-order valence-corrected chi connectivity index (χ1v) is 7.05. The molecule has 0 spiro atoms. The molecule has 108 valence electrons. The van der Waals surface area contributed by atoms with Crippen molar-refractivity contribution in [3.63, 3.8) is 0 Å². The molecule has 0 heterocycles. The number of nitrogens with zero attached hydrogens (tertiary/aromatic N) is 1. The molecule has 2 rings (SSSR count). The zero-order valence-electron chi connectivity index (χ0n) is 11.9. The van der Waals surface area contributed by atoms with E-state index in [-0.39, 0.29) is 5.97 Å². The summed E-state index contributed by atoms with van der Waals surface area (Å²) in [4.78, 5) is 15.8. The van der Waals surface area contributed by atoms with E-state index >= 15 is 0 Å². The van der Waals surface area contributed by atoms with Crippen LogP contribution in [0.1, 0.15) is 28.8 Å². The number of benzene rings is 2. The molecule has 0 bridgehead atoms. The van der Waals surface area contributed by atoms with E-state index < -0.39 is 6.23 Å². The second-order valence-corrected chi connectivity index (χ2v) is 4.79. The van der Waals surface area contributed by atoms with Gasteiger partial charge in [-0.1, -0.05) is 48.5 Å². The number of aliphatic imine (C=N–C) groups is 1. The van der Waals surface area contributed by atoms with Crippen molar-refractivity contribution in [2.45, 2.75) is 25.5 Å². The number of carbonyl (C=O) groups excluding carboxylic acids is 1. The van der Waals surface area contributed by atoms with Gasteiger partial charge in [0.25, 0.3) is 0 Å². The summed E-state index contributed by atoms with van der Waals surface area (Å²) in [5.41, 5.74) is 1.81. The van der Waals surface area contributed by atoms with Gasteiger partial charge in [0.15, 0.2) is 6.23 Å². The number of carbonyl (C=O) groups is 1. The Morgan fingerprint density at radius 1 is 1.05 bits per heavy atom. The van der Waals surface area contributed by atoms with Gasteiger partial charge in [-0.15, -0.1) is 0 Å². The Morgan fingerprint density at radius 3 is 2.29 bits per heavy atom. The van der Waals surface area contributed by atoms with Crippen molar-refractivity contribution in [1.29, 1.82) is 0 Å². The fraction of sp³-hybridized carbons (Fsp3) is 0.222. The van der Waals surface area contributed by atoms with Gasteiger partial charge >= 0.3 is 5.97 Å². The maximum Gasteiger partial charge on any atom is 0.340 e. The van der Waals surface area contributed by atoms with Crippen LogP contribution in [0.3, 0.4) is 0 Å². The third-order valence-corrected chi connectivity index (χ3v) is 3.22. The summed E-state index contributed by atoms with van der Waals surface area (Å²) in [6.07, 6.45) is 2.03. The smallest absolute Gasteiger partial charge is 0.340 e. The van der Waals surface area contributed by atoms with Crippen molar-refractivity contribution in [3.05, 3.63) is 71.8 Å². The third kappa shape index (κ3) is 4.88. The van der Waals surface area contributed by atoms with Crippen molar-refractivity contribution in [2.75, 3.05) is 0 Å². The van der Waals surface area contributed by atoms with Gasteiger partial charge in [0.05, 0.1) is 5.56 Å². The average Bonchev–Trinajstić information content (AvgIpc) is 2.55. The number of rotatable bonds is 7. The molecule has 21 heavy (non-hydrogen) atoms. The van der Waals surface area contributed by atoms with Gasteiger partial charge in [-0.25, -0.2) is 4.79 Å². The van der Waals surface area contributed by atoms with Crippen LogP contribution in [0.2, 0.25) is 0 Å². The summed E-state index contributed by atoms with van der Waals surface area (Å²) in [6.45, 7) is 3.51. The van der Waals surface area contributed by atoms with Gasteiger partial charge < -0.3 is 4.74 Å². The molecule has 0 aromatic heterocycles. The largest absolute Gasteiger partial charge is 0.436 e. The summed E-state index contributed by atoms with van der Waals surface area (Å²) in [6, 6.07) is 19.2. The first-order chi connectivity index (χ1) is 10.3. The first-order valence-electron chi connectivity index (χ1n) is 7.05. The standard InChI is InChI=1S/C18H19NO2/c1-19-17(14-8-11-15-9-4-2-5-10-15)21-18(20)16-12-6-3-7-13-16/h2-7,9-10,12-13,17H,1,8,11,14H2. The van der Waals surface area contributed by atoms with Crippen molar-refractivity contribution < 1.29 is 9.53 Å². The number of aryl methyl sites for hydroxylation is 1. The molecule has 3 nitrogen and oxygen atoms in total. The van der Waals surface area contributed by atoms with Crippen LogP contribution in [0, 0.1) is 0 Å². The predicted octanol–water partition coefficient (Wildman–Crippen LogP) is 3.89. The minimum absolute atomic E-state index is 0.354. The van der Waals surface area contributed by atoms with Crippen molar-refractivity contribution in [2.24, 2.45) is 4.99 Å². The minimum Gasteiger partial charge on any atom is -0.436 e. The van der Waals surface area contributed by atoms with E-state index in [9.17, 15) is 4.79 Å². The van der Waals surface area contributed by atoms with Crippen LogP contribution in [0.4, 0.5) is 0 Å². The van der Waals surface area contributed by atoms with Crippen molar-refractivity contribution in [3.8, 4) is 0 Å². The monoisotopic (exact) mass is 281 g/mol. The van der Waals surface area contributed by atoms with E-state index in [1.54, 1.807) is 12.1 Å². The molecule has 0 radical (unpaired) electrons. The van der Waals surface area contributed by atoms with Gasteiger partial charge in [0, 0.05) is 6.42 Å². The second-order valence-electron chi connectivity index (χ2n) is 4.79. The van der Waals surface area contributed by atoms with Crippen LogP contribution >= 0.6 is 0 Å². The highest BCUT2D eigenvalue weighted by Crippen LogP contribution is 2.11. The lowest BCUT2D eigenvalue weighted by Crippen LogP contribution is -2.16. The Bertz CT molecular complexity index is 566. The third-order valence-electron chi connectivity index (χ3n) is 3.22. The highest BCUT2D eigenvalue weighted by Gasteiger charge is 2.13. The predicted molar refractivity (Wildman–Crippen MR) is 84.6 cm³/mol. The van der Waals surface area contributed by atoms with Crippen LogP contribution in [-0.2, 0) is 11.2 Å². The molecule has 1 atom stereocenters. The van der Waals surface area contributed by atoms with E-state index in [1.165, 1.54) is 5.56 Å². The minimum atomic E-state index is -0.485. The Hall–Kier alpha value is -2.42. The van der Waals surface area contributed by atoms with Gasteiger partial charge in [0.1, 0.15) is 0 Å². The number of esters is 1. The molecule has 0 saturated carbocycles. The highest BCUT2D eigenvalue weighted by molar-refractivity contribution is 5.89. The maximum atomic E-state index is 11.9. The molecule has 0 aliphatic carbocycles. The Kier molecular flexibility index (Phi) is 5.71. The van der Waals surface area contributed by atoms with E-state index in [0.717, 1.165) is 12.8 Å². The Morgan fingerprint density at radius 2 is 1.67 bits per heavy atom. The van der Waals surface area contributed by atoms with Gasteiger partial charge in [-0.2, -0.15) is 0 Å². The van der Waals surface area contributed by atoms with E-state index in [0.29, 0.717) is 12.0 Å². The topological polar surface area (TPSA) is 38.7 Å². The highest BCUT2D eigenvalue weighted by atomic mass is 16.6. The Balaban J connectivity index is 1.81. The lowest BCUT2D eigenvalue weighted by Gasteiger charge is -2.13. The van der Waals surface area contributed by atoms with Crippen LogP contribution < -0.4 is 0 Å². The van der Waals surface area contributed by atoms with Crippen molar-refractivity contribution in [1.82, 2.24) is 0 Å². The van der Waals surface area contributed by atoms with Crippen LogP contribution in [0.25, 0.3) is 0 Å². The quantitative estimate of drug-likeness (QED) is 0.570. The van der Waals surface area contributed by atoms with E-state index in [2.05, 4.69) is 23.8 Å². The molecule has 2 aromatic rings. The molecule has 0 fully saturated rings. The summed E-state index contributed by atoms with van der Waals surface area (Å²) < 4.78 is 5.36. The van der Waals surface area contributed by atoms with Crippen LogP contribution in [-0.4, -0.2) is 18.9 Å². The zero-order valence-corrected chi connectivity index (χ0v) is 11.9. The summed E-state index contributed by atoms with van der Waals surface area (Å²) in [5, 5.41) is 0. The first kappa shape index (κ1) is 15.0. The van der Waals surface area contributed by atoms with Gasteiger partial charge in [-0.3, -0.25) is 4.99 Å². The van der Waals surface area contributed by atoms with E-state index in [1.807, 2.05) is 36.4 Å². The molecule has 3 heteroatoms. The lowest BCUT2D eigenvalue weighted by atomic mass is 10.1. The van der Waals surface area contributed by atoms with Gasteiger partial charge in [-0.05, 0) is 37.3 Å². The van der Waals surface area contributed by atoms with Gasteiger partial charge in [0.2, 0.25) is 0 Å². The van der Waals surface area contributed by atoms with Crippen LogP contribution in [0.5, 0.6) is 0 Å². The fourth-order valence-electron chi connectivity index (χ4n) is 2.08. The summed E-state index contributed by atoms with van der Waals surface area (Å²) in [7, 11) is 0. The van der Waals surface area contributed by atoms with E-state index in [4.69, 9.17) is 4.74 Å². The maximum absolute atomic E-state index is 11.9. The average molecular weight is 281 g/mol. The molecular formula is C18H19NO2. The normalized spacial score (nSPS) is 11.6. The summed E-state index contributed by atoms with van der Waals surface area (Å²) >= 11 is 0. The molecule has 1 unspecified atom stereocenters. The molecule has 0 aliphatic rings. The summed E-state index contributed by atoms with van der Waals surface area (Å²) in [5.74, 6) is -0.354. The number of ether oxygens (including phenoxy) is 1. The molecular weight excluding hydrogens is 262 g/mol. The fourth-order valence-corrected chi connectivity index (χ4v) is 2.08. The number of hydrogen-bond acceptors (Lipinski definition) is 3. The SMILES string of the molecule is C=NC(CCCc1ccccc1)OC(=O)c1ccccc1. The second kappa shape index (κ2) is 8.00. The number of hydrogen-bond donors (Lipinski definition) is 0. The zero-order chi connectivity index (χ0) is 14.9. The molecule has 0 N–H and O–H groups in total.